The van der Waals surface area contributed by atoms with Crippen molar-refractivity contribution in [3.8, 4) is 0 Å². The van der Waals surface area contributed by atoms with E-state index >= 15 is 0 Å². The molecule has 2 fully saturated rings. The molecule has 1 aromatic carbocycles. The minimum atomic E-state index is -4.74. The second kappa shape index (κ2) is 8.49. The highest BCUT2D eigenvalue weighted by Crippen LogP contribution is 2.36. The number of aliphatic hydroxyl groups excluding tert-OH is 1. The van der Waals surface area contributed by atoms with Gasteiger partial charge in [-0.05, 0) is 57.4 Å². The van der Waals surface area contributed by atoms with Gasteiger partial charge in [0.15, 0.2) is 6.10 Å². The van der Waals surface area contributed by atoms with E-state index in [-0.39, 0.29) is 5.69 Å². The van der Waals surface area contributed by atoms with E-state index in [2.05, 4.69) is 9.88 Å². The molecule has 6 nitrogen and oxygen atoms in total. The fraction of sp³-hybridized carbons (Fsp3) is 0.522. The molecule has 0 aliphatic carbocycles. The highest BCUT2D eigenvalue weighted by atomic mass is 19.4. The van der Waals surface area contributed by atoms with E-state index in [1.54, 1.807) is 6.07 Å². The van der Waals surface area contributed by atoms with Crippen LogP contribution in [0.3, 0.4) is 0 Å². The molecule has 2 aromatic rings. The normalized spacial score (nSPS) is 21.4. The summed E-state index contributed by atoms with van der Waals surface area (Å²) in [6.07, 6.45) is -6.02. The van der Waals surface area contributed by atoms with Crippen LogP contribution in [-0.2, 0) is 9.31 Å². The van der Waals surface area contributed by atoms with Crippen LogP contribution in [-0.4, -0.2) is 60.8 Å². The summed E-state index contributed by atoms with van der Waals surface area (Å²) < 4.78 is 50.7. The van der Waals surface area contributed by atoms with Gasteiger partial charge in [0.25, 0.3) is 0 Å². The Labute approximate surface area is 192 Å². The monoisotopic (exact) mass is 463 g/mol. The van der Waals surface area contributed by atoms with Gasteiger partial charge in [0.1, 0.15) is 0 Å². The molecule has 0 spiro atoms. The van der Waals surface area contributed by atoms with Crippen LogP contribution in [0.15, 0.2) is 42.6 Å². The first kappa shape index (κ1) is 23.8. The number of alkyl halides is 3. The summed E-state index contributed by atoms with van der Waals surface area (Å²) in [5, 5.41) is 9.50. The molecule has 33 heavy (non-hydrogen) atoms. The average Bonchev–Trinajstić information content (AvgIpc) is 3.00. The molecule has 4 rings (SSSR count). The number of halogens is 3. The maximum Gasteiger partial charge on any atom is 0.494 e. The molecule has 2 aliphatic heterocycles. The lowest BCUT2D eigenvalue weighted by atomic mass is 9.79. The maximum atomic E-state index is 12.8. The predicted molar refractivity (Wildman–Crippen MR) is 122 cm³/mol. The quantitative estimate of drug-likeness (QED) is 0.703. The topological polar surface area (TPSA) is 58.1 Å². The SMILES string of the molecule is CC1(C)OB(c2ccc(N3CCN(c4ccnc(C(O)C(F)(F)F)c4)CC3)cc2)OC1(C)C. The molecule has 1 unspecified atom stereocenters. The van der Waals surface area contributed by atoms with Crippen molar-refractivity contribution in [2.24, 2.45) is 0 Å². The number of hydrogen-bond donors (Lipinski definition) is 1. The van der Waals surface area contributed by atoms with Crippen molar-refractivity contribution in [2.75, 3.05) is 36.0 Å². The standard InChI is InChI=1S/C23H29BF3N3O3/c1-21(2)22(3,4)33-24(32-21)16-5-7-17(8-6-16)29-11-13-30(14-12-29)18-9-10-28-19(15-18)20(31)23(25,26)27/h5-10,15,20,31H,11-14H2,1-4H3. The largest absolute Gasteiger partial charge is 0.494 e. The molecule has 1 atom stereocenters. The number of anilines is 2. The van der Waals surface area contributed by atoms with Crippen molar-refractivity contribution in [3.63, 3.8) is 0 Å². The molecule has 0 radical (unpaired) electrons. The van der Waals surface area contributed by atoms with Crippen molar-refractivity contribution in [1.29, 1.82) is 0 Å². The molecule has 0 bridgehead atoms. The lowest BCUT2D eigenvalue weighted by Gasteiger charge is -2.37. The number of aliphatic hydroxyl groups is 1. The molecule has 2 aliphatic rings. The highest BCUT2D eigenvalue weighted by Gasteiger charge is 2.51. The predicted octanol–water partition coefficient (Wildman–Crippen LogP) is 3.30. The maximum absolute atomic E-state index is 12.8. The molecular formula is C23H29BF3N3O3. The zero-order valence-electron chi connectivity index (χ0n) is 19.3. The third-order valence-electron chi connectivity index (χ3n) is 6.78. The fourth-order valence-electron chi connectivity index (χ4n) is 3.99. The van der Waals surface area contributed by atoms with Crippen LogP contribution in [0.4, 0.5) is 24.5 Å². The molecule has 3 heterocycles. The van der Waals surface area contributed by atoms with E-state index in [9.17, 15) is 18.3 Å². The van der Waals surface area contributed by atoms with Crippen molar-refractivity contribution < 1.29 is 27.6 Å². The number of hydrogen-bond acceptors (Lipinski definition) is 6. The Balaban J connectivity index is 1.38. The molecule has 1 N–H and O–H groups in total. The van der Waals surface area contributed by atoms with Gasteiger partial charge >= 0.3 is 13.3 Å². The molecule has 2 saturated heterocycles. The second-order valence-corrected chi connectivity index (χ2v) is 9.54. The second-order valence-electron chi connectivity index (χ2n) is 9.54. The summed E-state index contributed by atoms with van der Waals surface area (Å²) >= 11 is 0. The molecule has 178 valence electrons. The molecular weight excluding hydrogens is 434 g/mol. The van der Waals surface area contributed by atoms with Crippen LogP contribution in [0.5, 0.6) is 0 Å². The summed E-state index contributed by atoms with van der Waals surface area (Å²) in [5.41, 5.74) is 1.48. The summed E-state index contributed by atoms with van der Waals surface area (Å²) in [4.78, 5) is 7.93. The van der Waals surface area contributed by atoms with Gasteiger partial charge in [0.2, 0.25) is 0 Å². The van der Waals surface area contributed by atoms with Crippen LogP contribution in [0.2, 0.25) is 0 Å². The van der Waals surface area contributed by atoms with Gasteiger partial charge < -0.3 is 24.2 Å². The van der Waals surface area contributed by atoms with E-state index in [0.717, 1.165) is 24.2 Å². The first-order valence-corrected chi connectivity index (χ1v) is 11.0. The van der Waals surface area contributed by atoms with E-state index < -0.39 is 30.6 Å². The fourth-order valence-corrected chi connectivity index (χ4v) is 3.99. The Morgan fingerprint density at radius 3 is 1.94 bits per heavy atom. The van der Waals surface area contributed by atoms with E-state index in [0.29, 0.717) is 18.8 Å². The molecule has 0 saturated carbocycles. The van der Waals surface area contributed by atoms with E-state index in [1.807, 2.05) is 56.9 Å². The lowest BCUT2D eigenvalue weighted by Crippen LogP contribution is -2.46. The van der Waals surface area contributed by atoms with Gasteiger partial charge in [-0.1, -0.05) is 12.1 Å². The number of benzene rings is 1. The first-order valence-electron chi connectivity index (χ1n) is 11.0. The van der Waals surface area contributed by atoms with Crippen molar-refractivity contribution >= 4 is 24.0 Å². The Hall–Kier alpha value is -2.30. The highest BCUT2D eigenvalue weighted by molar-refractivity contribution is 6.62. The van der Waals surface area contributed by atoms with Crippen LogP contribution in [0.1, 0.15) is 39.5 Å². The van der Waals surface area contributed by atoms with Crippen LogP contribution < -0.4 is 15.3 Å². The number of nitrogens with zero attached hydrogens (tertiary/aromatic N) is 3. The smallest absolute Gasteiger partial charge is 0.399 e. The summed E-state index contributed by atoms with van der Waals surface area (Å²) in [6.45, 7) is 10.8. The van der Waals surface area contributed by atoms with Gasteiger partial charge in [-0.2, -0.15) is 13.2 Å². The van der Waals surface area contributed by atoms with Crippen molar-refractivity contribution in [2.45, 2.75) is 51.2 Å². The summed E-state index contributed by atoms with van der Waals surface area (Å²) in [5.74, 6) is 0. The van der Waals surface area contributed by atoms with Crippen molar-refractivity contribution in [3.05, 3.63) is 48.3 Å². The van der Waals surface area contributed by atoms with Gasteiger partial charge in [0, 0.05) is 43.8 Å². The lowest BCUT2D eigenvalue weighted by molar-refractivity contribution is -0.207. The first-order chi connectivity index (χ1) is 15.4. The number of aromatic nitrogens is 1. The van der Waals surface area contributed by atoms with Gasteiger partial charge in [0.05, 0.1) is 16.9 Å². The van der Waals surface area contributed by atoms with Gasteiger partial charge in [-0.25, -0.2) is 0 Å². The summed E-state index contributed by atoms with van der Waals surface area (Å²) in [6, 6.07) is 11.1. The molecule has 0 amide bonds. The third kappa shape index (κ3) is 4.83. The Kier molecular flexibility index (Phi) is 6.13. The van der Waals surface area contributed by atoms with Gasteiger partial charge in [-0.3, -0.25) is 4.98 Å². The van der Waals surface area contributed by atoms with Crippen LogP contribution in [0, 0.1) is 0 Å². The minimum absolute atomic E-state index is 0.388. The Bertz CT molecular complexity index is 961. The molecule has 1 aromatic heterocycles. The zero-order valence-corrected chi connectivity index (χ0v) is 19.3. The van der Waals surface area contributed by atoms with E-state index in [4.69, 9.17) is 9.31 Å². The average molecular weight is 463 g/mol. The van der Waals surface area contributed by atoms with Crippen LogP contribution >= 0.6 is 0 Å². The molecule has 10 heteroatoms. The minimum Gasteiger partial charge on any atom is -0.399 e. The zero-order chi connectivity index (χ0) is 24.0. The number of pyridine rings is 1. The number of rotatable bonds is 4. The van der Waals surface area contributed by atoms with Crippen LogP contribution in [0.25, 0.3) is 0 Å². The van der Waals surface area contributed by atoms with Gasteiger partial charge in [-0.15, -0.1) is 0 Å². The number of piperazine rings is 1. The Morgan fingerprint density at radius 1 is 0.909 bits per heavy atom. The summed E-state index contributed by atoms with van der Waals surface area (Å²) in [7, 11) is -0.408. The van der Waals surface area contributed by atoms with E-state index in [1.165, 1.54) is 12.3 Å². The Morgan fingerprint density at radius 2 is 1.42 bits per heavy atom. The third-order valence-corrected chi connectivity index (χ3v) is 6.78. The van der Waals surface area contributed by atoms with Crippen molar-refractivity contribution in [1.82, 2.24) is 4.98 Å².